The highest BCUT2D eigenvalue weighted by Gasteiger charge is 2.18. The van der Waals surface area contributed by atoms with Crippen LogP contribution in [0, 0.1) is 0 Å². The predicted molar refractivity (Wildman–Crippen MR) is 112 cm³/mol. The van der Waals surface area contributed by atoms with Gasteiger partial charge in [-0.3, -0.25) is 9.78 Å². The number of ether oxygens (including phenoxy) is 1. The van der Waals surface area contributed by atoms with Crippen molar-refractivity contribution in [1.82, 2.24) is 20.0 Å². The van der Waals surface area contributed by atoms with Crippen molar-refractivity contribution in [2.75, 3.05) is 5.32 Å². The van der Waals surface area contributed by atoms with E-state index in [0.29, 0.717) is 24.0 Å². The van der Waals surface area contributed by atoms with Gasteiger partial charge in [-0.15, -0.1) is 0 Å². The van der Waals surface area contributed by atoms with Gasteiger partial charge in [0, 0.05) is 17.3 Å². The van der Waals surface area contributed by atoms with Crippen LogP contribution in [0.4, 0.5) is 11.5 Å². The maximum absolute atomic E-state index is 6.34. The summed E-state index contributed by atoms with van der Waals surface area (Å²) in [6.07, 6.45) is 4.51. The van der Waals surface area contributed by atoms with Gasteiger partial charge in [-0.25, -0.2) is 0 Å². The first-order valence-corrected chi connectivity index (χ1v) is 9.58. The third kappa shape index (κ3) is 3.43. The SMILES string of the molecule is C=C/C=C(\C)c1cc2n(n1)Cc1ccc(Nc3[nH]nc(CC)c3Cl)cc1OC2. The fourth-order valence-corrected chi connectivity index (χ4v) is 3.47. The Balaban J connectivity index is 1.57. The quantitative estimate of drug-likeness (QED) is 0.590. The summed E-state index contributed by atoms with van der Waals surface area (Å²) < 4.78 is 8.06. The largest absolute Gasteiger partial charge is 0.487 e. The Morgan fingerprint density at radius 2 is 2.29 bits per heavy atom. The summed E-state index contributed by atoms with van der Waals surface area (Å²) in [7, 11) is 0. The van der Waals surface area contributed by atoms with E-state index in [2.05, 4.69) is 28.2 Å². The Morgan fingerprint density at radius 3 is 3.04 bits per heavy atom. The Kier molecular flexibility index (Phi) is 4.96. The molecule has 0 amide bonds. The number of aromatic amines is 1. The lowest BCUT2D eigenvalue weighted by Gasteiger charge is -2.10. The zero-order chi connectivity index (χ0) is 19.7. The van der Waals surface area contributed by atoms with Gasteiger partial charge in [-0.05, 0) is 31.1 Å². The number of anilines is 2. The van der Waals surface area contributed by atoms with Gasteiger partial charge in [0.25, 0.3) is 0 Å². The van der Waals surface area contributed by atoms with Crippen molar-refractivity contribution >= 4 is 28.7 Å². The molecule has 0 saturated heterocycles. The second-order valence-electron chi connectivity index (χ2n) is 6.71. The van der Waals surface area contributed by atoms with E-state index in [1.54, 1.807) is 6.08 Å². The minimum Gasteiger partial charge on any atom is -0.487 e. The first kappa shape index (κ1) is 18.4. The van der Waals surface area contributed by atoms with Crippen LogP contribution in [-0.4, -0.2) is 20.0 Å². The van der Waals surface area contributed by atoms with Gasteiger partial charge in [-0.2, -0.15) is 10.2 Å². The van der Waals surface area contributed by atoms with E-state index < -0.39 is 0 Å². The second kappa shape index (κ2) is 7.56. The molecule has 1 aliphatic rings. The van der Waals surface area contributed by atoms with Crippen molar-refractivity contribution in [2.45, 2.75) is 33.4 Å². The summed E-state index contributed by atoms with van der Waals surface area (Å²) >= 11 is 6.34. The molecular formula is C21H22ClN5O. The molecule has 0 saturated carbocycles. The van der Waals surface area contributed by atoms with Gasteiger partial charge in [0.15, 0.2) is 0 Å². The molecule has 0 spiro atoms. The molecule has 3 aromatic rings. The molecule has 6 nitrogen and oxygen atoms in total. The standard InChI is InChI=1S/C21H22ClN5O/c1-4-6-13(3)18-10-16-12-28-19-9-15(8-7-14(19)11-27(16)26-18)23-21-20(22)17(5-2)24-25-21/h4,6-10H,1,5,11-12H2,2-3H3,(H2,23,24,25)/b13-6+. The third-order valence-electron chi connectivity index (χ3n) is 4.78. The van der Waals surface area contributed by atoms with E-state index in [4.69, 9.17) is 21.4 Å². The maximum atomic E-state index is 6.34. The van der Waals surface area contributed by atoms with Crippen LogP contribution in [0.15, 0.2) is 43.0 Å². The maximum Gasteiger partial charge on any atom is 0.145 e. The number of hydrogen-bond acceptors (Lipinski definition) is 4. The Labute approximate surface area is 168 Å². The molecule has 1 aliphatic heterocycles. The van der Waals surface area contributed by atoms with Crippen LogP contribution >= 0.6 is 11.6 Å². The van der Waals surface area contributed by atoms with Crippen LogP contribution in [0.1, 0.15) is 36.5 Å². The number of nitrogens with one attached hydrogen (secondary N) is 2. The van der Waals surface area contributed by atoms with Crippen LogP contribution < -0.4 is 10.1 Å². The highest BCUT2D eigenvalue weighted by molar-refractivity contribution is 6.33. The molecule has 0 bridgehead atoms. The first-order chi connectivity index (χ1) is 13.6. The number of benzene rings is 1. The second-order valence-corrected chi connectivity index (χ2v) is 7.09. The summed E-state index contributed by atoms with van der Waals surface area (Å²) in [4.78, 5) is 0. The monoisotopic (exact) mass is 395 g/mol. The minimum atomic E-state index is 0.468. The van der Waals surface area contributed by atoms with Crippen LogP contribution in [0.2, 0.25) is 5.02 Å². The molecule has 3 heterocycles. The van der Waals surface area contributed by atoms with E-state index in [1.807, 2.05) is 42.8 Å². The normalized spacial score (nSPS) is 13.3. The number of rotatable bonds is 5. The highest BCUT2D eigenvalue weighted by Crippen LogP contribution is 2.32. The summed E-state index contributed by atoms with van der Waals surface area (Å²) in [6.45, 7) is 8.93. The average Bonchev–Trinajstić information content (AvgIpc) is 3.20. The van der Waals surface area contributed by atoms with E-state index in [9.17, 15) is 0 Å². The predicted octanol–water partition coefficient (Wildman–Crippen LogP) is 5.10. The zero-order valence-corrected chi connectivity index (χ0v) is 16.7. The van der Waals surface area contributed by atoms with E-state index >= 15 is 0 Å². The molecule has 7 heteroatoms. The Bertz CT molecular complexity index is 1060. The lowest BCUT2D eigenvalue weighted by atomic mass is 10.2. The molecule has 0 fully saturated rings. The van der Waals surface area contributed by atoms with Gasteiger partial charge >= 0.3 is 0 Å². The smallest absolute Gasteiger partial charge is 0.145 e. The van der Waals surface area contributed by atoms with Crippen molar-refractivity contribution in [1.29, 1.82) is 0 Å². The molecule has 2 N–H and O–H groups in total. The molecule has 0 atom stereocenters. The van der Waals surface area contributed by atoms with Gasteiger partial charge in [-0.1, -0.05) is 43.3 Å². The van der Waals surface area contributed by atoms with E-state index in [1.165, 1.54) is 0 Å². The number of halogens is 1. The Morgan fingerprint density at radius 1 is 1.43 bits per heavy atom. The van der Waals surface area contributed by atoms with E-state index in [0.717, 1.165) is 46.1 Å². The summed E-state index contributed by atoms with van der Waals surface area (Å²) in [5, 5.41) is 15.8. The summed E-state index contributed by atoms with van der Waals surface area (Å²) in [6, 6.07) is 8.10. The van der Waals surface area contributed by atoms with Crippen molar-refractivity contribution < 1.29 is 4.74 Å². The van der Waals surface area contributed by atoms with Crippen molar-refractivity contribution in [2.24, 2.45) is 0 Å². The minimum absolute atomic E-state index is 0.468. The molecule has 144 valence electrons. The number of nitrogens with zero attached hydrogens (tertiary/aromatic N) is 3. The summed E-state index contributed by atoms with van der Waals surface area (Å²) in [5.41, 5.74) is 5.88. The fraction of sp³-hybridized carbons (Fsp3) is 0.238. The van der Waals surface area contributed by atoms with E-state index in [-0.39, 0.29) is 0 Å². The molecule has 0 radical (unpaired) electrons. The number of hydrogen-bond donors (Lipinski definition) is 2. The molecular weight excluding hydrogens is 374 g/mol. The average molecular weight is 396 g/mol. The number of fused-ring (bicyclic) bond motifs is 2. The number of aromatic nitrogens is 4. The van der Waals surface area contributed by atoms with Crippen molar-refractivity contribution in [3.63, 3.8) is 0 Å². The molecule has 2 aromatic heterocycles. The topological polar surface area (TPSA) is 67.8 Å². The van der Waals surface area contributed by atoms with Crippen molar-refractivity contribution in [3.05, 3.63) is 70.7 Å². The lowest BCUT2D eigenvalue weighted by Crippen LogP contribution is -2.04. The third-order valence-corrected chi connectivity index (χ3v) is 5.18. The Hall–Kier alpha value is -2.99. The molecule has 0 unspecified atom stereocenters. The fourth-order valence-electron chi connectivity index (χ4n) is 3.20. The first-order valence-electron chi connectivity index (χ1n) is 9.21. The molecule has 28 heavy (non-hydrogen) atoms. The van der Waals surface area contributed by atoms with Gasteiger partial charge in [0.1, 0.15) is 23.2 Å². The molecule has 0 aliphatic carbocycles. The van der Waals surface area contributed by atoms with Crippen LogP contribution in [-0.2, 0) is 19.6 Å². The van der Waals surface area contributed by atoms with Gasteiger partial charge in [0.2, 0.25) is 0 Å². The van der Waals surface area contributed by atoms with Gasteiger partial charge in [0.05, 0.1) is 23.6 Å². The van der Waals surface area contributed by atoms with Crippen LogP contribution in [0.5, 0.6) is 5.75 Å². The number of aryl methyl sites for hydroxylation is 1. The van der Waals surface area contributed by atoms with Crippen LogP contribution in [0.25, 0.3) is 5.57 Å². The van der Waals surface area contributed by atoms with Crippen molar-refractivity contribution in [3.8, 4) is 5.75 Å². The number of allylic oxidation sites excluding steroid dienone is 3. The summed E-state index contributed by atoms with van der Waals surface area (Å²) in [5.74, 6) is 1.52. The van der Waals surface area contributed by atoms with Gasteiger partial charge < -0.3 is 10.1 Å². The van der Waals surface area contributed by atoms with Crippen LogP contribution in [0.3, 0.4) is 0 Å². The molecule has 4 rings (SSSR count). The lowest BCUT2D eigenvalue weighted by molar-refractivity contribution is 0.302. The molecule has 1 aromatic carbocycles. The zero-order valence-electron chi connectivity index (χ0n) is 15.9. The highest BCUT2D eigenvalue weighted by atomic mass is 35.5. The number of H-pyrrole nitrogens is 1.